The van der Waals surface area contributed by atoms with Crippen molar-refractivity contribution in [3.05, 3.63) is 53.9 Å². The third-order valence-corrected chi connectivity index (χ3v) is 5.07. The average Bonchev–Trinajstić information content (AvgIpc) is 3.26. The molecule has 0 radical (unpaired) electrons. The van der Waals surface area contributed by atoms with E-state index in [1.165, 1.54) is 0 Å². The summed E-state index contributed by atoms with van der Waals surface area (Å²) in [6.45, 7) is 5.01. The maximum Gasteiger partial charge on any atom is 0.226 e. The Morgan fingerprint density at radius 2 is 2.00 bits per heavy atom. The van der Waals surface area contributed by atoms with Crippen LogP contribution in [-0.4, -0.2) is 41.0 Å². The molecule has 0 bridgehead atoms. The molecular formula is C18H20N4OS. The molecule has 6 heteroatoms. The minimum Gasteiger partial charge on any atom is -0.444 e. The zero-order valence-electron chi connectivity index (χ0n) is 13.5. The molecule has 5 nitrogen and oxygen atoms in total. The summed E-state index contributed by atoms with van der Waals surface area (Å²) in [5.74, 6) is 0.699. The maximum atomic E-state index is 5.65. The van der Waals surface area contributed by atoms with Crippen LogP contribution < -0.4 is 4.90 Å². The van der Waals surface area contributed by atoms with E-state index in [0.717, 1.165) is 55.5 Å². The molecule has 24 heavy (non-hydrogen) atoms. The van der Waals surface area contributed by atoms with E-state index < -0.39 is 0 Å². The molecule has 1 aromatic carbocycles. The Balaban J connectivity index is 1.38. The number of aromatic nitrogens is 2. The van der Waals surface area contributed by atoms with Gasteiger partial charge in [0.2, 0.25) is 5.89 Å². The van der Waals surface area contributed by atoms with Gasteiger partial charge in [0.15, 0.2) is 5.13 Å². The second-order valence-corrected chi connectivity index (χ2v) is 6.81. The van der Waals surface area contributed by atoms with Gasteiger partial charge in [-0.15, -0.1) is 11.3 Å². The van der Waals surface area contributed by atoms with E-state index in [2.05, 4.69) is 19.8 Å². The Hall–Kier alpha value is -2.18. The summed E-state index contributed by atoms with van der Waals surface area (Å²) in [5, 5.41) is 3.17. The van der Waals surface area contributed by atoms with Gasteiger partial charge in [0, 0.05) is 49.9 Å². The summed E-state index contributed by atoms with van der Waals surface area (Å²) >= 11 is 1.71. The van der Waals surface area contributed by atoms with E-state index in [-0.39, 0.29) is 0 Å². The fourth-order valence-electron chi connectivity index (χ4n) is 3.01. The number of thiazole rings is 1. The van der Waals surface area contributed by atoms with Crippen LogP contribution in [0.3, 0.4) is 0 Å². The van der Waals surface area contributed by atoms with Crippen molar-refractivity contribution in [2.45, 2.75) is 13.0 Å². The second-order valence-electron chi connectivity index (χ2n) is 5.94. The SMILES string of the molecule is c1ccc(-c2nc(CN3CCCN(c4nccs4)CC3)co2)cc1. The summed E-state index contributed by atoms with van der Waals surface area (Å²) < 4.78 is 5.65. The Morgan fingerprint density at radius 3 is 2.83 bits per heavy atom. The van der Waals surface area contributed by atoms with Crippen molar-refractivity contribution in [3.8, 4) is 11.5 Å². The molecule has 0 spiro atoms. The molecule has 0 aliphatic carbocycles. The third kappa shape index (κ3) is 3.49. The summed E-state index contributed by atoms with van der Waals surface area (Å²) in [6.07, 6.45) is 4.80. The molecule has 1 aliphatic rings. The Kier molecular flexibility index (Phi) is 4.57. The molecule has 0 unspecified atom stereocenters. The fraction of sp³-hybridized carbons (Fsp3) is 0.333. The Morgan fingerprint density at radius 1 is 1.08 bits per heavy atom. The monoisotopic (exact) mass is 340 g/mol. The van der Waals surface area contributed by atoms with Gasteiger partial charge in [-0.25, -0.2) is 9.97 Å². The molecule has 1 saturated heterocycles. The molecule has 0 atom stereocenters. The fourth-order valence-corrected chi connectivity index (χ4v) is 3.71. The quantitative estimate of drug-likeness (QED) is 0.727. The van der Waals surface area contributed by atoms with Crippen molar-refractivity contribution >= 4 is 16.5 Å². The maximum absolute atomic E-state index is 5.65. The van der Waals surface area contributed by atoms with Gasteiger partial charge in [-0.2, -0.15) is 0 Å². The van der Waals surface area contributed by atoms with Crippen molar-refractivity contribution in [2.75, 3.05) is 31.1 Å². The van der Waals surface area contributed by atoms with Gasteiger partial charge in [0.05, 0.1) is 5.69 Å². The zero-order valence-corrected chi connectivity index (χ0v) is 14.3. The second kappa shape index (κ2) is 7.15. The van der Waals surface area contributed by atoms with Crippen molar-refractivity contribution < 1.29 is 4.42 Å². The first-order chi connectivity index (χ1) is 11.9. The van der Waals surface area contributed by atoms with Crippen LogP contribution in [0.25, 0.3) is 11.5 Å². The van der Waals surface area contributed by atoms with Crippen LogP contribution in [0, 0.1) is 0 Å². The third-order valence-electron chi connectivity index (χ3n) is 4.24. The number of rotatable bonds is 4. The van der Waals surface area contributed by atoms with E-state index in [0.29, 0.717) is 5.89 Å². The minimum atomic E-state index is 0.699. The molecular weight excluding hydrogens is 320 g/mol. The highest BCUT2D eigenvalue weighted by atomic mass is 32.1. The number of hydrogen-bond donors (Lipinski definition) is 0. The average molecular weight is 340 g/mol. The molecule has 0 amide bonds. The van der Waals surface area contributed by atoms with Crippen LogP contribution in [0.5, 0.6) is 0 Å². The number of benzene rings is 1. The smallest absolute Gasteiger partial charge is 0.226 e. The van der Waals surface area contributed by atoms with E-state index in [9.17, 15) is 0 Å². The van der Waals surface area contributed by atoms with Crippen LogP contribution in [-0.2, 0) is 6.54 Å². The highest BCUT2D eigenvalue weighted by Gasteiger charge is 2.18. The van der Waals surface area contributed by atoms with Gasteiger partial charge < -0.3 is 9.32 Å². The lowest BCUT2D eigenvalue weighted by Crippen LogP contribution is -2.30. The van der Waals surface area contributed by atoms with Gasteiger partial charge in [-0.1, -0.05) is 18.2 Å². The predicted octanol–water partition coefficient (Wildman–Crippen LogP) is 3.51. The van der Waals surface area contributed by atoms with Crippen molar-refractivity contribution in [1.82, 2.24) is 14.9 Å². The zero-order chi connectivity index (χ0) is 16.2. The summed E-state index contributed by atoms with van der Waals surface area (Å²) in [5.41, 5.74) is 2.02. The number of anilines is 1. The summed E-state index contributed by atoms with van der Waals surface area (Å²) in [4.78, 5) is 13.9. The molecule has 3 heterocycles. The largest absolute Gasteiger partial charge is 0.444 e. The van der Waals surface area contributed by atoms with Crippen molar-refractivity contribution in [3.63, 3.8) is 0 Å². The van der Waals surface area contributed by atoms with E-state index in [1.54, 1.807) is 17.6 Å². The molecule has 0 saturated carbocycles. The number of hydrogen-bond acceptors (Lipinski definition) is 6. The molecule has 2 aromatic heterocycles. The van der Waals surface area contributed by atoms with Crippen molar-refractivity contribution in [1.29, 1.82) is 0 Å². The van der Waals surface area contributed by atoms with E-state index >= 15 is 0 Å². The van der Waals surface area contributed by atoms with E-state index in [1.807, 2.05) is 41.9 Å². The standard InChI is InChI=1S/C18H20N4OS/c1-2-5-15(6-3-1)17-20-16(14-23-17)13-21-8-4-9-22(11-10-21)18-19-7-12-24-18/h1-3,5-7,12,14H,4,8-11,13H2. The normalized spacial score (nSPS) is 16.2. The van der Waals surface area contributed by atoms with Crippen LogP contribution in [0.15, 0.2) is 52.6 Å². The number of nitrogens with zero attached hydrogens (tertiary/aromatic N) is 4. The van der Waals surface area contributed by atoms with Gasteiger partial charge >= 0.3 is 0 Å². The minimum absolute atomic E-state index is 0.699. The van der Waals surface area contributed by atoms with Gasteiger partial charge in [0.25, 0.3) is 0 Å². The van der Waals surface area contributed by atoms with Gasteiger partial charge in [-0.3, -0.25) is 4.90 Å². The first kappa shape index (κ1) is 15.4. The molecule has 4 rings (SSSR count). The van der Waals surface area contributed by atoms with Crippen LogP contribution in [0.4, 0.5) is 5.13 Å². The highest BCUT2D eigenvalue weighted by molar-refractivity contribution is 7.13. The van der Waals surface area contributed by atoms with Gasteiger partial charge in [-0.05, 0) is 18.6 Å². The summed E-state index contributed by atoms with van der Waals surface area (Å²) in [7, 11) is 0. The first-order valence-electron chi connectivity index (χ1n) is 8.25. The molecule has 0 N–H and O–H groups in total. The lowest BCUT2D eigenvalue weighted by molar-refractivity contribution is 0.282. The molecule has 3 aromatic rings. The molecule has 124 valence electrons. The van der Waals surface area contributed by atoms with Gasteiger partial charge in [0.1, 0.15) is 6.26 Å². The molecule has 1 aliphatic heterocycles. The first-order valence-corrected chi connectivity index (χ1v) is 9.13. The van der Waals surface area contributed by atoms with Crippen LogP contribution in [0.1, 0.15) is 12.1 Å². The Bertz CT molecular complexity index is 756. The van der Waals surface area contributed by atoms with Crippen LogP contribution >= 0.6 is 11.3 Å². The lowest BCUT2D eigenvalue weighted by Gasteiger charge is -2.20. The highest BCUT2D eigenvalue weighted by Crippen LogP contribution is 2.21. The number of oxazole rings is 1. The summed E-state index contributed by atoms with van der Waals surface area (Å²) in [6, 6.07) is 10.0. The Labute approximate surface area is 145 Å². The van der Waals surface area contributed by atoms with Crippen LogP contribution in [0.2, 0.25) is 0 Å². The molecule has 1 fully saturated rings. The van der Waals surface area contributed by atoms with Crippen molar-refractivity contribution in [2.24, 2.45) is 0 Å². The topological polar surface area (TPSA) is 45.4 Å². The van der Waals surface area contributed by atoms with E-state index in [4.69, 9.17) is 4.42 Å². The predicted molar refractivity (Wildman–Crippen MR) is 96.2 cm³/mol. The lowest BCUT2D eigenvalue weighted by atomic mass is 10.2.